The zero-order valence-electron chi connectivity index (χ0n) is 13.5. The number of aromatic nitrogens is 1. The van der Waals surface area contributed by atoms with Crippen molar-refractivity contribution in [3.8, 4) is 17.4 Å². The molecule has 0 saturated carbocycles. The van der Waals surface area contributed by atoms with Crippen molar-refractivity contribution in [3.05, 3.63) is 41.9 Å². The number of nitrogens with zero attached hydrogens (tertiary/aromatic N) is 3. The second-order valence-corrected chi connectivity index (χ2v) is 6.00. The van der Waals surface area contributed by atoms with E-state index >= 15 is 0 Å². The fourth-order valence-electron chi connectivity index (χ4n) is 2.90. The van der Waals surface area contributed by atoms with Gasteiger partial charge in [0, 0.05) is 31.8 Å². The number of halogens is 2. The molecule has 25 heavy (non-hydrogen) atoms. The first kappa shape index (κ1) is 17.1. The summed E-state index contributed by atoms with van der Waals surface area (Å²) < 4.78 is 32.9. The SMILES string of the molecule is N#CC1CCN(C(=O)CCc2ncc(-c3c(F)cccc3F)o2)CC1. The van der Waals surface area contributed by atoms with Gasteiger partial charge in [0.2, 0.25) is 5.91 Å². The lowest BCUT2D eigenvalue weighted by Gasteiger charge is -2.29. The van der Waals surface area contributed by atoms with E-state index < -0.39 is 11.6 Å². The minimum absolute atomic E-state index is 0.00730. The molecule has 0 spiro atoms. The smallest absolute Gasteiger partial charge is 0.223 e. The van der Waals surface area contributed by atoms with Crippen molar-refractivity contribution in [2.75, 3.05) is 13.1 Å². The topological polar surface area (TPSA) is 70.1 Å². The molecule has 3 rings (SSSR count). The molecule has 1 aliphatic heterocycles. The summed E-state index contributed by atoms with van der Waals surface area (Å²) >= 11 is 0. The number of amides is 1. The molecule has 1 saturated heterocycles. The van der Waals surface area contributed by atoms with Crippen LogP contribution in [0.4, 0.5) is 8.78 Å². The van der Waals surface area contributed by atoms with Crippen molar-refractivity contribution in [1.82, 2.24) is 9.88 Å². The van der Waals surface area contributed by atoms with Crippen LogP contribution in [-0.2, 0) is 11.2 Å². The van der Waals surface area contributed by atoms with Crippen LogP contribution in [0.5, 0.6) is 0 Å². The fourth-order valence-corrected chi connectivity index (χ4v) is 2.90. The maximum Gasteiger partial charge on any atom is 0.223 e. The van der Waals surface area contributed by atoms with Gasteiger partial charge < -0.3 is 9.32 Å². The van der Waals surface area contributed by atoms with Crippen molar-refractivity contribution in [2.45, 2.75) is 25.7 Å². The highest BCUT2D eigenvalue weighted by atomic mass is 19.1. The third kappa shape index (κ3) is 3.85. The van der Waals surface area contributed by atoms with Crippen molar-refractivity contribution < 1.29 is 18.0 Å². The van der Waals surface area contributed by atoms with Gasteiger partial charge >= 0.3 is 0 Å². The van der Waals surface area contributed by atoms with Gasteiger partial charge in [-0.3, -0.25) is 4.79 Å². The Labute approximate surface area is 143 Å². The molecule has 130 valence electrons. The molecule has 2 heterocycles. The molecule has 0 aliphatic carbocycles. The van der Waals surface area contributed by atoms with Gasteiger partial charge in [-0.2, -0.15) is 5.26 Å². The molecule has 5 nitrogen and oxygen atoms in total. The van der Waals surface area contributed by atoms with E-state index in [0.29, 0.717) is 25.9 Å². The molecule has 0 atom stereocenters. The Hall–Kier alpha value is -2.75. The number of nitriles is 1. The molecule has 1 aromatic heterocycles. The van der Waals surface area contributed by atoms with Gasteiger partial charge in [0.15, 0.2) is 11.7 Å². The zero-order valence-corrected chi connectivity index (χ0v) is 13.5. The number of hydrogen-bond acceptors (Lipinski definition) is 4. The maximum absolute atomic E-state index is 13.8. The number of aryl methyl sites for hydroxylation is 1. The van der Waals surface area contributed by atoms with E-state index in [1.165, 1.54) is 12.3 Å². The van der Waals surface area contributed by atoms with Crippen LogP contribution in [-0.4, -0.2) is 28.9 Å². The van der Waals surface area contributed by atoms with E-state index in [-0.39, 0.29) is 41.9 Å². The molecule has 0 unspecified atom stereocenters. The van der Waals surface area contributed by atoms with Gasteiger partial charge in [-0.1, -0.05) is 6.07 Å². The van der Waals surface area contributed by atoms with E-state index in [1.807, 2.05) is 0 Å². The minimum Gasteiger partial charge on any atom is -0.441 e. The number of carbonyl (C=O) groups excluding carboxylic acids is 1. The van der Waals surface area contributed by atoms with Crippen LogP contribution in [0.25, 0.3) is 11.3 Å². The van der Waals surface area contributed by atoms with Gasteiger partial charge in [0.05, 0.1) is 17.8 Å². The summed E-state index contributed by atoms with van der Waals surface area (Å²) in [6.07, 6.45) is 3.11. The first-order valence-corrected chi connectivity index (χ1v) is 8.15. The Balaban J connectivity index is 1.59. The van der Waals surface area contributed by atoms with Crippen LogP contribution in [0, 0.1) is 28.9 Å². The average Bonchev–Trinajstić information content (AvgIpc) is 3.08. The lowest BCUT2D eigenvalue weighted by molar-refractivity contribution is -0.132. The van der Waals surface area contributed by atoms with Gasteiger partial charge in [0.1, 0.15) is 11.6 Å². The van der Waals surface area contributed by atoms with Gasteiger partial charge in [-0.15, -0.1) is 0 Å². The largest absolute Gasteiger partial charge is 0.441 e. The number of rotatable bonds is 4. The van der Waals surface area contributed by atoms with E-state index in [0.717, 1.165) is 12.1 Å². The number of piperidine rings is 1. The molecule has 1 fully saturated rings. The first-order valence-electron chi connectivity index (χ1n) is 8.15. The standard InChI is InChI=1S/C18H17F2N3O2/c19-13-2-1-3-14(20)18(13)15-11-22-16(25-15)4-5-17(24)23-8-6-12(10-21)7-9-23/h1-3,11-12H,4-9H2. The fraction of sp³-hybridized carbons (Fsp3) is 0.389. The third-order valence-electron chi connectivity index (χ3n) is 4.35. The molecule has 0 radical (unpaired) electrons. The summed E-state index contributed by atoms with van der Waals surface area (Å²) in [5, 5.41) is 8.88. The van der Waals surface area contributed by atoms with E-state index in [2.05, 4.69) is 11.1 Å². The molecule has 1 amide bonds. The van der Waals surface area contributed by atoms with Crippen LogP contribution in [0.2, 0.25) is 0 Å². The van der Waals surface area contributed by atoms with E-state index in [4.69, 9.17) is 9.68 Å². The maximum atomic E-state index is 13.8. The molecule has 0 bridgehead atoms. The molecule has 1 aromatic carbocycles. The van der Waals surface area contributed by atoms with Crippen LogP contribution in [0.1, 0.15) is 25.2 Å². The summed E-state index contributed by atoms with van der Waals surface area (Å²) in [5.41, 5.74) is -0.258. The van der Waals surface area contributed by atoms with E-state index in [9.17, 15) is 13.6 Å². The Morgan fingerprint density at radius 3 is 2.64 bits per heavy atom. The quantitative estimate of drug-likeness (QED) is 0.852. The van der Waals surface area contributed by atoms with Crippen LogP contribution < -0.4 is 0 Å². The first-order chi connectivity index (χ1) is 12.1. The summed E-state index contributed by atoms with van der Waals surface area (Å²) in [6.45, 7) is 1.16. The number of hydrogen-bond donors (Lipinski definition) is 0. The summed E-state index contributed by atoms with van der Waals surface area (Å²) in [4.78, 5) is 17.9. The molecule has 7 heteroatoms. The highest BCUT2D eigenvalue weighted by molar-refractivity contribution is 5.76. The highest BCUT2D eigenvalue weighted by Crippen LogP contribution is 2.27. The predicted octanol–water partition coefficient (Wildman–Crippen LogP) is 3.31. The van der Waals surface area contributed by atoms with Crippen LogP contribution in [0.15, 0.2) is 28.8 Å². The summed E-state index contributed by atoms with van der Waals surface area (Å²) in [5.74, 6) is -1.19. The average molecular weight is 345 g/mol. The number of likely N-dealkylation sites (tertiary alicyclic amines) is 1. The van der Waals surface area contributed by atoms with Gasteiger partial charge in [-0.25, -0.2) is 13.8 Å². The van der Waals surface area contributed by atoms with Gasteiger partial charge in [0.25, 0.3) is 0 Å². The highest BCUT2D eigenvalue weighted by Gasteiger charge is 2.23. The lowest BCUT2D eigenvalue weighted by atomic mass is 9.98. The second kappa shape index (κ2) is 7.43. The Morgan fingerprint density at radius 1 is 1.32 bits per heavy atom. The Morgan fingerprint density at radius 2 is 2.00 bits per heavy atom. The molecular formula is C18H17F2N3O2. The predicted molar refractivity (Wildman–Crippen MR) is 85.1 cm³/mol. The molecule has 0 N–H and O–H groups in total. The van der Waals surface area contributed by atoms with Crippen LogP contribution in [0.3, 0.4) is 0 Å². The third-order valence-corrected chi connectivity index (χ3v) is 4.35. The number of benzene rings is 1. The molecule has 2 aromatic rings. The summed E-state index contributed by atoms with van der Waals surface area (Å²) in [7, 11) is 0. The zero-order chi connectivity index (χ0) is 17.8. The monoisotopic (exact) mass is 345 g/mol. The number of oxazole rings is 1. The van der Waals surface area contributed by atoms with E-state index in [1.54, 1.807) is 4.90 Å². The molecule has 1 aliphatic rings. The van der Waals surface area contributed by atoms with Crippen molar-refractivity contribution >= 4 is 5.91 Å². The summed E-state index contributed by atoms with van der Waals surface area (Å²) in [6, 6.07) is 5.80. The number of carbonyl (C=O) groups is 1. The Kier molecular flexibility index (Phi) is 5.08. The second-order valence-electron chi connectivity index (χ2n) is 6.00. The van der Waals surface area contributed by atoms with Crippen molar-refractivity contribution in [3.63, 3.8) is 0 Å². The normalized spacial score (nSPS) is 15.2. The molecular weight excluding hydrogens is 328 g/mol. The lowest BCUT2D eigenvalue weighted by Crippen LogP contribution is -2.38. The van der Waals surface area contributed by atoms with Crippen molar-refractivity contribution in [2.24, 2.45) is 5.92 Å². The van der Waals surface area contributed by atoms with Crippen molar-refractivity contribution in [1.29, 1.82) is 5.26 Å². The van der Waals surface area contributed by atoms with Crippen LogP contribution >= 0.6 is 0 Å². The minimum atomic E-state index is -0.723. The Bertz CT molecular complexity index is 785. The van der Waals surface area contributed by atoms with Gasteiger partial charge in [-0.05, 0) is 25.0 Å².